The van der Waals surface area contributed by atoms with Crippen LogP contribution in [0.15, 0.2) is 36.5 Å². The van der Waals surface area contributed by atoms with Crippen molar-refractivity contribution in [1.29, 1.82) is 0 Å². The van der Waals surface area contributed by atoms with Gasteiger partial charge < -0.3 is 9.72 Å². The van der Waals surface area contributed by atoms with Crippen molar-refractivity contribution in [1.82, 2.24) is 9.97 Å². The summed E-state index contributed by atoms with van der Waals surface area (Å²) in [6, 6.07) is 10.6. The molecule has 2 aromatic heterocycles. The quantitative estimate of drug-likeness (QED) is 0.656. The van der Waals surface area contributed by atoms with E-state index in [-0.39, 0.29) is 11.4 Å². The highest BCUT2D eigenvalue weighted by molar-refractivity contribution is 5.91. The van der Waals surface area contributed by atoms with E-state index in [2.05, 4.69) is 55.0 Å². The first-order valence-electron chi connectivity index (χ1n) is 9.54. The first-order chi connectivity index (χ1) is 12.8. The number of aromatic amines is 1. The molecule has 0 unspecified atom stereocenters. The fourth-order valence-corrected chi connectivity index (χ4v) is 3.47. The number of H-pyrrole nitrogens is 1. The van der Waals surface area contributed by atoms with E-state index in [9.17, 15) is 4.79 Å². The van der Waals surface area contributed by atoms with Crippen LogP contribution in [-0.4, -0.2) is 23.0 Å². The first kappa shape index (κ1) is 17.8. The predicted octanol–water partition coefficient (Wildman–Crippen LogP) is 5.12. The van der Waals surface area contributed by atoms with Crippen LogP contribution in [0.1, 0.15) is 72.4 Å². The van der Waals surface area contributed by atoms with Crippen molar-refractivity contribution in [3.63, 3.8) is 0 Å². The molecule has 1 saturated carbocycles. The zero-order valence-corrected chi connectivity index (χ0v) is 16.4. The van der Waals surface area contributed by atoms with Crippen LogP contribution in [-0.2, 0) is 16.6 Å². The molecule has 4 rings (SSSR count). The van der Waals surface area contributed by atoms with Gasteiger partial charge in [0.05, 0.1) is 18.4 Å². The Balaban J connectivity index is 1.67. The maximum Gasteiger partial charge on any atom is 0.339 e. The number of hydrogen-bond acceptors (Lipinski definition) is 3. The number of nitrogens with zero attached hydrogens (tertiary/aromatic N) is 1. The number of nitrogens with one attached hydrogen (secondary N) is 1. The summed E-state index contributed by atoms with van der Waals surface area (Å²) in [5, 5.41) is 1.19. The third-order valence-corrected chi connectivity index (χ3v) is 5.31. The Bertz CT molecular complexity index is 1010. The number of ether oxygens (including phenoxy) is 1. The second-order valence-electron chi connectivity index (χ2n) is 8.56. The molecule has 0 saturated heterocycles. The van der Waals surface area contributed by atoms with Crippen molar-refractivity contribution < 1.29 is 9.53 Å². The number of carbonyl (C=O) groups excluding carboxylic acids is 1. The van der Waals surface area contributed by atoms with Gasteiger partial charge in [0.2, 0.25) is 0 Å². The molecule has 0 bridgehead atoms. The highest BCUT2D eigenvalue weighted by Gasteiger charge is 2.26. The van der Waals surface area contributed by atoms with Crippen LogP contribution in [0.25, 0.3) is 10.9 Å². The normalized spacial score (nSPS) is 14.5. The Morgan fingerprint density at radius 3 is 2.67 bits per heavy atom. The Hall–Kier alpha value is -2.62. The zero-order valence-electron chi connectivity index (χ0n) is 16.4. The number of benzene rings is 1. The van der Waals surface area contributed by atoms with Crippen LogP contribution in [0.3, 0.4) is 0 Å². The van der Waals surface area contributed by atoms with Gasteiger partial charge in [-0.15, -0.1) is 0 Å². The Morgan fingerprint density at radius 2 is 2.00 bits per heavy atom. The number of rotatable bonds is 4. The number of aromatic nitrogens is 2. The lowest BCUT2D eigenvalue weighted by Crippen LogP contribution is -2.10. The van der Waals surface area contributed by atoms with E-state index in [0.29, 0.717) is 17.9 Å². The molecule has 0 amide bonds. The topological polar surface area (TPSA) is 55.0 Å². The number of pyridine rings is 1. The molecular weight excluding hydrogens is 336 g/mol. The molecule has 140 valence electrons. The van der Waals surface area contributed by atoms with Crippen molar-refractivity contribution in [3.05, 3.63) is 64.6 Å². The second-order valence-corrected chi connectivity index (χ2v) is 8.56. The summed E-state index contributed by atoms with van der Waals surface area (Å²) >= 11 is 0. The molecule has 0 spiro atoms. The summed E-state index contributed by atoms with van der Waals surface area (Å²) in [5.41, 5.74) is 6.08. The molecule has 1 N–H and O–H groups in total. The SMILES string of the molecule is COC(=O)c1cc(C2CC2)cnc1Cc1ccc2[nH]c(C(C)(C)C)cc2c1. The highest BCUT2D eigenvalue weighted by atomic mass is 16.5. The third kappa shape index (κ3) is 3.61. The van der Waals surface area contributed by atoms with E-state index >= 15 is 0 Å². The molecular formula is C23H26N2O2. The smallest absolute Gasteiger partial charge is 0.339 e. The van der Waals surface area contributed by atoms with Crippen LogP contribution in [0.2, 0.25) is 0 Å². The Morgan fingerprint density at radius 1 is 1.22 bits per heavy atom. The van der Waals surface area contributed by atoms with Crippen molar-refractivity contribution in [2.24, 2.45) is 0 Å². The van der Waals surface area contributed by atoms with E-state index in [1.165, 1.54) is 31.0 Å². The molecule has 3 aromatic rings. The minimum Gasteiger partial charge on any atom is -0.465 e. The van der Waals surface area contributed by atoms with Crippen LogP contribution >= 0.6 is 0 Å². The lowest BCUT2D eigenvalue weighted by Gasteiger charge is -2.15. The minimum absolute atomic E-state index is 0.0808. The molecule has 0 aliphatic heterocycles. The van der Waals surface area contributed by atoms with Gasteiger partial charge in [-0.2, -0.15) is 0 Å². The number of methoxy groups -OCH3 is 1. The van der Waals surface area contributed by atoms with Crippen LogP contribution < -0.4 is 0 Å². The van der Waals surface area contributed by atoms with Crippen molar-refractivity contribution in [2.45, 2.75) is 51.4 Å². The van der Waals surface area contributed by atoms with Gasteiger partial charge in [-0.3, -0.25) is 4.98 Å². The summed E-state index contributed by atoms with van der Waals surface area (Å²) in [4.78, 5) is 20.4. The van der Waals surface area contributed by atoms with E-state index in [0.717, 1.165) is 22.3 Å². The first-order valence-corrected chi connectivity index (χ1v) is 9.54. The van der Waals surface area contributed by atoms with Crippen LogP contribution in [0.5, 0.6) is 0 Å². The van der Waals surface area contributed by atoms with Gasteiger partial charge in [0.25, 0.3) is 0 Å². The van der Waals surface area contributed by atoms with Crippen molar-refractivity contribution >= 4 is 16.9 Å². The minimum atomic E-state index is -0.308. The standard InChI is InChI=1S/C23H26N2O2/c1-23(2,3)21-12-16-9-14(5-8-19(16)25-21)10-20-18(22(26)27-4)11-17(13-24-20)15-6-7-15/h5,8-9,11-13,15,25H,6-7,10H2,1-4H3. The second kappa shape index (κ2) is 6.52. The zero-order chi connectivity index (χ0) is 19.2. The third-order valence-electron chi connectivity index (χ3n) is 5.31. The lowest BCUT2D eigenvalue weighted by atomic mass is 9.92. The molecule has 4 nitrogen and oxygen atoms in total. The average molecular weight is 362 g/mol. The van der Waals surface area contributed by atoms with Gasteiger partial charge in [0, 0.05) is 29.2 Å². The number of fused-ring (bicyclic) bond motifs is 1. The van der Waals surface area contributed by atoms with Gasteiger partial charge in [0.15, 0.2) is 0 Å². The summed E-state index contributed by atoms with van der Waals surface area (Å²) in [7, 11) is 1.43. The van der Waals surface area contributed by atoms with E-state index in [1.807, 2.05) is 12.3 Å². The Labute approximate surface area is 160 Å². The molecule has 1 fully saturated rings. The predicted molar refractivity (Wildman–Crippen MR) is 107 cm³/mol. The maximum atomic E-state index is 12.3. The molecule has 0 radical (unpaired) electrons. The van der Waals surface area contributed by atoms with Gasteiger partial charge in [-0.05, 0) is 59.5 Å². The monoisotopic (exact) mass is 362 g/mol. The van der Waals surface area contributed by atoms with E-state index in [1.54, 1.807) is 0 Å². The van der Waals surface area contributed by atoms with E-state index < -0.39 is 0 Å². The molecule has 27 heavy (non-hydrogen) atoms. The fourth-order valence-electron chi connectivity index (χ4n) is 3.47. The molecule has 0 atom stereocenters. The van der Waals surface area contributed by atoms with Gasteiger partial charge in [0.1, 0.15) is 0 Å². The number of esters is 1. The van der Waals surface area contributed by atoms with E-state index in [4.69, 9.17) is 4.74 Å². The average Bonchev–Trinajstić information content (AvgIpc) is 3.39. The number of carbonyl (C=O) groups is 1. The molecule has 1 aliphatic carbocycles. The molecule has 1 aliphatic rings. The molecule has 4 heteroatoms. The van der Waals surface area contributed by atoms with Crippen molar-refractivity contribution in [3.8, 4) is 0 Å². The van der Waals surface area contributed by atoms with Gasteiger partial charge >= 0.3 is 5.97 Å². The summed E-state index contributed by atoms with van der Waals surface area (Å²) < 4.78 is 5.00. The fraction of sp³-hybridized carbons (Fsp3) is 0.391. The molecule has 1 aromatic carbocycles. The van der Waals surface area contributed by atoms with Gasteiger partial charge in [-0.25, -0.2) is 4.79 Å². The molecule has 2 heterocycles. The van der Waals surface area contributed by atoms with Crippen molar-refractivity contribution in [2.75, 3.05) is 7.11 Å². The van der Waals surface area contributed by atoms with Crippen LogP contribution in [0, 0.1) is 0 Å². The summed E-state index contributed by atoms with van der Waals surface area (Å²) in [6.45, 7) is 6.60. The Kier molecular flexibility index (Phi) is 4.29. The lowest BCUT2D eigenvalue weighted by molar-refractivity contribution is 0.0599. The van der Waals surface area contributed by atoms with Gasteiger partial charge in [-0.1, -0.05) is 26.8 Å². The largest absolute Gasteiger partial charge is 0.465 e. The summed E-state index contributed by atoms with van der Waals surface area (Å²) in [5.74, 6) is 0.250. The highest BCUT2D eigenvalue weighted by Crippen LogP contribution is 2.40. The summed E-state index contributed by atoms with van der Waals surface area (Å²) in [6.07, 6.45) is 4.90. The number of hydrogen-bond donors (Lipinski definition) is 1. The maximum absolute atomic E-state index is 12.3. The van der Waals surface area contributed by atoms with Crippen LogP contribution in [0.4, 0.5) is 0 Å².